The lowest BCUT2D eigenvalue weighted by Gasteiger charge is -2.25. The van der Waals surface area contributed by atoms with Crippen molar-refractivity contribution in [2.45, 2.75) is 25.2 Å². The highest BCUT2D eigenvalue weighted by molar-refractivity contribution is 7.19. The number of hydrogen-bond acceptors (Lipinski definition) is 4. The van der Waals surface area contributed by atoms with E-state index in [0.29, 0.717) is 16.7 Å². The number of anilines is 1. The second-order valence-corrected chi connectivity index (χ2v) is 8.48. The molecule has 0 saturated heterocycles. The van der Waals surface area contributed by atoms with Crippen molar-refractivity contribution in [1.29, 1.82) is 0 Å². The number of amides is 1. The molecule has 0 atom stereocenters. The number of pyridine rings is 1. The van der Waals surface area contributed by atoms with Crippen molar-refractivity contribution in [2.24, 2.45) is 0 Å². The van der Waals surface area contributed by atoms with Gasteiger partial charge in [0, 0.05) is 11.8 Å². The van der Waals surface area contributed by atoms with E-state index in [-0.39, 0.29) is 5.91 Å². The van der Waals surface area contributed by atoms with E-state index in [2.05, 4.69) is 46.7 Å². The number of rotatable bonds is 5. The van der Waals surface area contributed by atoms with E-state index in [9.17, 15) is 4.79 Å². The van der Waals surface area contributed by atoms with Crippen LogP contribution in [0.25, 0.3) is 21.7 Å². The van der Waals surface area contributed by atoms with Crippen molar-refractivity contribution in [3.8, 4) is 21.7 Å². The van der Waals surface area contributed by atoms with Crippen LogP contribution in [0.2, 0.25) is 0 Å². The first-order valence-corrected chi connectivity index (χ1v) is 11.0. The minimum atomic E-state index is -0.254. The fourth-order valence-electron chi connectivity index (χ4n) is 3.67. The minimum Gasteiger partial charge on any atom is -0.296 e. The van der Waals surface area contributed by atoms with Crippen molar-refractivity contribution in [3.63, 3.8) is 0 Å². The van der Waals surface area contributed by atoms with Gasteiger partial charge in [-0.15, -0.1) is 0 Å². The van der Waals surface area contributed by atoms with Gasteiger partial charge in [-0.25, -0.2) is 4.98 Å². The first-order valence-electron chi connectivity index (χ1n) is 10.2. The average molecular weight is 412 g/mol. The second kappa shape index (κ2) is 8.20. The molecule has 0 bridgehead atoms. The number of nitrogens with one attached hydrogen (secondary N) is 1. The van der Waals surface area contributed by atoms with Crippen LogP contribution in [-0.2, 0) is 0 Å². The summed E-state index contributed by atoms with van der Waals surface area (Å²) in [4.78, 5) is 22.5. The van der Waals surface area contributed by atoms with Gasteiger partial charge >= 0.3 is 0 Å². The molecule has 30 heavy (non-hydrogen) atoms. The monoisotopic (exact) mass is 411 g/mol. The summed E-state index contributed by atoms with van der Waals surface area (Å²) in [6.07, 6.45) is 5.52. The third-order valence-electron chi connectivity index (χ3n) is 5.54. The zero-order chi connectivity index (χ0) is 20.3. The molecule has 2 aromatic heterocycles. The Morgan fingerprint density at radius 1 is 0.900 bits per heavy atom. The van der Waals surface area contributed by atoms with Gasteiger partial charge in [0.05, 0.1) is 10.6 Å². The van der Waals surface area contributed by atoms with Crippen LogP contribution in [0.3, 0.4) is 0 Å². The van der Waals surface area contributed by atoms with Crippen molar-refractivity contribution in [3.05, 3.63) is 90.3 Å². The Morgan fingerprint density at radius 3 is 2.33 bits per heavy atom. The largest absolute Gasteiger partial charge is 0.296 e. The van der Waals surface area contributed by atoms with Crippen LogP contribution in [-0.4, -0.2) is 15.9 Å². The smallest absolute Gasteiger partial charge is 0.276 e. The molecule has 0 spiro atoms. The number of aromatic nitrogens is 2. The Hall–Kier alpha value is -3.31. The minimum absolute atomic E-state index is 0.254. The van der Waals surface area contributed by atoms with E-state index in [1.807, 2.05) is 18.2 Å². The van der Waals surface area contributed by atoms with E-state index in [1.165, 1.54) is 36.2 Å². The Bertz CT molecular complexity index is 1150. The van der Waals surface area contributed by atoms with Crippen LogP contribution in [0.1, 0.15) is 41.2 Å². The maximum absolute atomic E-state index is 12.6. The molecular weight excluding hydrogens is 390 g/mol. The van der Waals surface area contributed by atoms with Gasteiger partial charge in [0.1, 0.15) is 5.69 Å². The molecule has 1 amide bonds. The van der Waals surface area contributed by atoms with Gasteiger partial charge in [-0.05, 0) is 42.0 Å². The maximum atomic E-state index is 12.6. The number of carbonyl (C=O) groups excluding carboxylic acids is 1. The van der Waals surface area contributed by atoms with Crippen LogP contribution >= 0.6 is 11.3 Å². The first kappa shape index (κ1) is 18.7. The molecule has 4 aromatic rings. The molecule has 1 N–H and O–H groups in total. The van der Waals surface area contributed by atoms with Gasteiger partial charge in [0.25, 0.3) is 5.91 Å². The number of nitrogens with zero attached hydrogens (tertiary/aromatic N) is 2. The Balaban J connectivity index is 1.49. The molecule has 1 saturated carbocycles. The second-order valence-electron chi connectivity index (χ2n) is 7.48. The summed E-state index contributed by atoms with van der Waals surface area (Å²) in [6.45, 7) is 0. The Morgan fingerprint density at radius 2 is 1.67 bits per heavy atom. The summed E-state index contributed by atoms with van der Waals surface area (Å²) in [5, 5.41) is 3.48. The van der Waals surface area contributed by atoms with Crippen molar-refractivity contribution in [1.82, 2.24) is 9.97 Å². The molecular formula is C25H21N3OS. The van der Waals surface area contributed by atoms with Crippen LogP contribution < -0.4 is 5.32 Å². The number of benzene rings is 2. The first-order chi connectivity index (χ1) is 14.8. The number of carbonyl (C=O) groups is 1. The molecule has 0 radical (unpaired) electrons. The zero-order valence-corrected chi connectivity index (χ0v) is 17.2. The third kappa shape index (κ3) is 3.76. The number of hydrogen-bond donors (Lipinski definition) is 1. The molecule has 0 unspecified atom stereocenters. The molecule has 5 heteroatoms. The van der Waals surface area contributed by atoms with E-state index in [0.717, 1.165) is 21.7 Å². The fraction of sp³-hybridized carbons (Fsp3) is 0.160. The zero-order valence-electron chi connectivity index (χ0n) is 16.4. The molecule has 4 nitrogen and oxygen atoms in total. The van der Waals surface area contributed by atoms with E-state index >= 15 is 0 Å². The van der Waals surface area contributed by atoms with Crippen molar-refractivity contribution < 1.29 is 4.79 Å². The molecule has 148 valence electrons. The normalized spacial score (nSPS) is 13.6. The molecule has 1 aliphatic rings. The molecule has 1 aliphatic carbocycles. The SMILES string of the molecule is O=C(Nc1nc(-c2ccc(C3CCC3)cc2)c(-c2ccccc2)s1)c1ccccn1. The van der Waals surface area contributed by atoms with Crippen LogP contribution in [0, 0.1) is 0 Å². The summed E-state index contributed by atoms with van der Waals surface area (Å²) in [6, 6.07) is 24.2. The summed E-state index contributed by atoms with van der Waals surface area (Å²) >= 11 is 1.49. The lowest BCUT2D eigenvalue weighted by atomic mass is 9.80. The van der Waals surface area contributed by atoms with E-state index in [4.69, 9.17) is 4.98 Å². The molecule has 2 heterocycles. The lowest BCUT2D eigenvalue weighted by Crippen LogP contribution is -2.13. The van der Waals surface area contributed by atoms with Crippen molar-refractivity contribution >= 4 is 22.4 Å². The van der Waals surface area contributed by atoms with Gasteiger partial charge in [0.2, 0.25) is 0 Å². The van der Waals surface area contributed by atoms with Crippen LogP contribution in [0.15, 0.2) is 79.0 Å². The van der Waals surface area contributed by atoms with Crippen molar-refractivity contribution in [2.75, 3.05) is 5.32 Å². The van der Waals surface area contributed by atoms with Crippen LogP contribution in [0.4, 0.5) is 5.13 Å². The van der Waals surface area contributed by atoms with Gasteiger partial charge < -0.3 is 0 Å². The Kier molecular flexibility index (Phi) is 5.11. The standard InChI is InChI=1S/C25H21N3OS/c29-24(21-11-4-5-16-26-21)28-25-27-22(23(30-25)20-7-2-1-3-8-20)19-14-12-18(13-15-19)17-9-6-10-17/h1-5,7-8,11-17H,6,9-10H2,(H,27,28,29). The fourth-order valence-corrected chi connectivity index (χ4v) is 4.66. The topological polar surface area (TPSA) is 54.9 Å². The molecule has 2 aromatic carbocycles. The average Bonchev–Trinajstić information content (AvgIpc) is 3.18. The quantitative estimate of drug-likeness (QED) is 0.414. The van der Waals surface area contributed by atoms with Gasteiger partial charge in [-0.3, -0.25) is 15.1 Å². The summed E-state index contributed by atoms with van der Waals surface area (Å²) in [5.41, 5.74) is 4.83. The molecule has 1 fully saturated rings. The molecule has 5 rings (SSSR count). The molecule has 0 aliphatic heterocycles. The van der Waals surface area contributed by atoms with Gasteiger partial charge in [-0.1, -0.05) is 78.4 Å². The van der Waals surface area contributed by atoms with Gasteiger partial charge in [-0.2, -0.15) is 0 Å². The summed E-state index contributed by atoms with van der Waals surface area (Å²) in [7, 11) is 0. The highest BCUT2D eigenvalue weighted by Gasteiger charge is 2.21. The highest BCUT2D eigenvalue weighted by atomic mass is 32.1. The van der Waals surface area contributed by atoms with Crippen LogP contribution in [0.5, 0.6) is 0 Å². The predicted octanol–water partition coefficient (Wildman–Crippen LogP) is 6.39. The predicted molar refractivity (Wildman–Crippen MR) is 122 cm³/mol. The maximum Gasteiger partial charge on any atom is 0.276 e. The summed E-state index contributed by atoms with van der Waals surface area (Å²) < 4.78 is 0. The van der Waals surface area contributed by atoms with E-state index in [1.54, 1.807) is 24.4 Å². The lowest BCUT2D eigenvalue weighted by molar-refractivity contribution is 0.102. The summed E-state index contributed by atoms with van der Waals surface area (Å²) in [5.74, 6) is 0.451. The Labute approximate surface area is 179 Å². The van der Waals surface area contributed by atoms with E-state index < -0.39 is 0 Å². The highest BCUT2D eigenvalue weighted by Crippen LogP contribution is 2.41. The van der Waals surface area contributed by atoms with Gasteiger partial charge in [0.15, 0.2) is 5.13 Å². The number of thiazole rings is 1. The third-order valence-corrected chi connectivity index (χ3v) is 6.56.